The summed E-state index contributed by atoms with van der Waals surface area (Å²) < 4.78 is 5.32. The molecule has 0 aromatic carbocycles. The van der Waals surface area contributed by atoms with E-state index in [4.69, 9.17) is 4.74 Å². The fraction of sp³-hybridized carbons (Fsp3) is 0.667. The van der Waals surface area contributed by atoms with Crippen LogP contribution in [-0.4, -0.2) is 18.2 Å². The third kappa shape index (κ3) is 2.24. The van der Waals surface area contributed by atoms with E-state index in [9.17, 15) is 0 Å². The standard InChI is InChI=1S/C9H13NOS2/c12-5-8-6-13-9(10-8)7-1-3-11-4-2-7/h6-7,12H,1-5H2. The molecule has 13 heavy (non-hydrogen) atoms. The molecule has 0 atom stereocenters. The average Bonchev–Trinajstić information content (AvgIpc) is 2.67. The first-order valence-corrected chi connectivity index (χ1v) is 6.04. The summed E-state index contributed by atoms with van der Waals surface area (Å²) >= 11 is 5.97. The van der Waals surface area contributed by atoms with Crippen molar-refractivity contribution >= 4 is 24.0 Å². The molecule has 2 heterocycles. The van der Waals surface area contributed by atoms with Crippen LogP contribution in [0.4, 0.5) is 0 Å². The molecule has 72 valence electrons. The van der Waals surface area contributed by atoms with Gasteiger partial charge in [-0.3, -0.25) is 0 Å². The monoisotopic (exact) mass is 215 g/mol. The van der Waals surface area contributed by atoms with Crippen LogP contribution in [0.5, 0.6) is 0 Å². The van der Waals surface area contributed by atoms with E-state index in [1.807, 2.05) is 0 Å². The first-order chi connectivity index (χ1) is 6.40. The third-order valence-electron chi connectivity index (χ3n) is 2.30. The van der Waals surface area contributed by atoms with Crippen molar-refractivity contribution in [2.24, 2.45) is 0 Å². The van der Waals surface area contributed by atoms with Gasteiger partial charge in [-0.05, 0) is 12.8 Å². The molecule has 0 bridgehead atoms. The van der Waals surface area contributed by atoms with E-state index in [0.29, 0.717) is 5.92 Å². The van der Waals surface area contributed by atoms with Gasteiger partial charge in [0.15, 0.2) is 0 Å². The zero-order chi connectivity index (χ0) is 9.10. The molecule has 1 fully saturated rings. The van der Waals surface area contributed by atoms with Gasteiger partial charge >= 0.3 is 0 Å². The molecule has 1 aliphatic rings. The third-order valence-corrected chi connectivity index (χ3v) is 3.68. The molecule has 2 nitrogen and oxygen atoms in total. The van der Waals surface area contributed by atoms with E-state index >= 15 is 0 Å². The molecule has 0 aliphatic carbocycles. The van der Waals surface area contributed by atoms with Crippen molar-refractivity contribution in [1.82, 2.24) is 4.98 Å². The van der Waals surface area contributed by atoms with Crippen LogP contribution >= 0.6 is 24.0 Å². The molecule has 0 saturated carbocycles. The van der Waals surface area contributed by atoms with Gasteiger partial charge in [-0.15, -0.1) is 11.3 Å². The molecular weight excluding hydrogens is 202 g/mol. The highest BCUT2D eigenvalue weighted by atomic mass is 32.1. The number of hydrogen-bond acceptors (Lipinski definition) is 4. The van der Waals surface area contributed by atoms with Gasteiger partial charge in [0.05, 0.1) is 10.7 Å². The maximum Gasteiger partial charge on any atom is 0.0961 e. The maximum absolute atomic E-state index is 5.32. The molecule has 0 N–H and O–H groups in total. The minimum atomic E-state index is 0.632. The fourth-order valence-electron chi connectivity index (χ4n) is 1.53. The molecule has 4 heteroatoms. The van der Waals surface area contributed by atoms with E-state index in [2.05, 4.69) is 23.0 Å². The van der Waals surface area contributed by atoms with Gasteiger partial charge in [0.25, 0.3) is 0 Å². The quantitative estimate of drug-likeness (QED) is 0.766. The summed E-state index contributed by atoms with van der Waals surface area (Å²) in [5.41, 5.74) is 1.11. The van der Waals surface area contributed by atoms with Crippen LogP contribution in [0.3, 0.4) is 0 Å². The molecule has 0 unspecified atom stereocenters. The van der Waals surface area contributed by atoms with E-state index in [1.165, 1.54) is 5.01 Å². The van der Waals surface area contributed by atoms with Crippen molar-refractivity contribution in [1.29, 1.82) is 0 Å². The maximum atomic E-state index is 5.32. The fourth-order valence-corrected chi connectivity index (χ4v) is 2.80. The number of thiol groups is 1. The summed E-state index contributed by atoms with van der Waals surface area (Å²) in [5.74, 6) is 1.38. The van der Waals surface area contributed by atoms with Crippen molar-refractivity contribution in [2.45, 2.75) is 24.5 Å². The zero-order valence-electron chi connectivity index (χ0n) is 7.40. The number of thiazole rings is 1. The lowest BCUT2D eigenvalue weighted by molar-refractivity contribution is 0.0852. The van der Waals surface area contributed by atoms with Crippen LogP contribution in [-0.2, 0) is 10.5 Å². The van der Waals surface area contributed by atoms with Crippen molar-refractivity contribution in [3.05, 3.63) is 16.1 Å². The topological polar surface area (TPSA) is 22.1 Å². The average molecular weight is 215 g/mol. The Morgan fingerprint density at radius 1 is 1.54 bits per heavy atom. The van der Waals surface area contributed by atoms with Crippen LogP contribution in [0, 0.1) is 0 Å². The Morgan fingerprint density at radius 2 is 2.31 bits per heavy atom. The van der Waals surface area contributed by atoms with E-state index in [0.717, 1.165) is 37.5 Å². The van der Waals surface area contributed by atoms with Crippen molar-refractivity contribution < 1.29 is 4.74 Å². The highest BCUT2D eigenvalue weighted by Gasteiger charge is 2.18. The Bertz CT molecular complexity index is 268. The molecule has 0 spiro atoms. The molecule has 1 aliphatic heterocycles. The van der Waals surface area contributed by atoms with Crippen LogP contribution in [0.1, 0.15) is 29.5 Å². The van der Waals surface area contributed by atoms with Gasteiger partial charge in [0.2, 0.25) is 0 Å². The largest absolute Gasteiger partial charge is 0.381 e. The smallest absolute Gasteiger partial charge is 0.0961 e. The van der Waals surface area contributed by atoms with Crippen LogP contribution in [0.25, 0.3) is 0 Å². The SMILES string of the molecule is SCc1csc(C2CCOCC2)n1. The summed E-state index contributed by atoms with van der Waals surface area (Å²) in [6.07, 6.45) is 2.25. The normalized spacial score (nSPS) is 19.2. The Balaban J connectivity index is 2.05. The van der Waals surface area contributed by atoms with Gasteiger partial charge in [-0.25, -0.2) is 4.98 Å². The van der Waals surface area contributed by atoms with Crippen LogP contribution < -0.4 is 0 Å². The van der Waals surface area contributed by atoms with Gasteiger partial charge in [-0.2, -0.15) is 12.6 Å². The first kappa shape index (κ1) is 9.49. The zero-order valence-corrected chi connectivity index (χ0v) is 9.11. The Morgan fingerprint density at radius 3 is 2.92 bits per heavy atom. The lowest BCUT2D eigenvalue weighted by Crippen LogP contribution is -2.13. The highest BCUT2D eigenvalue weighted by molar-refractivity contribution is 7.79. The van der Waals surface area contributed by atoms with Crippen molar-refractivity contribution in [3.8, 4) is 0 Å². The molecule has 0 amide bonds. The van der Waals surface area contributed by atoms with Crippen LogP contribution in [0.15, 0.2) is 5.38 Å². The molecule has 1 aromatic heterocycles. The predicted octanol–water partition coefficient (Wildman–Crippen LogP) is 2.47. The minimum Gasteiger partial charge on any atom is -0.381 e. The Hall–Kier alpha value is -0.0600. The highest BCUT2D eigenvalue weighted by Crippen LogP contribution is 2.29. The molecule has 1 aromatic rings. The van der Waals surface area contributed by atoms with Gasteiger partial charge in [0, 0.05) is 30.3 Å². The number of aromatic nitrogens is 1. The summed E-state index contributed by atoms with van der Waals surface area (Å²) in [5, 5.41) is 3.38. The summed E-state index contributed by atoms with van der Waals surface area (Å²) in [7, 11) is 0. The Labute approximate surface area is 87.7 Å². The predicted molar refractivity (Wildman–Crippen MR) is 57.6 cm³/mol. The number of hydrogen-bond donors (Lipinski definition) is 1. The van der Waals surface area contributed by atoms with E-state index in [-0.39, 0.29) is 0 Å². The molecular formula is C9H13NOS2. The van der Waals surface area contributed by atoms with Gasteiger partial charge < -0.3 is 4.74 Å². The molecule has 2 rings (SSSR count). The molecule has 1 saturated heterocycles. The first-order valence-electron chi connectivity index (χ1n) is 4.53. The van der Waals surface area contributed by atoms with E-state index < -0.39 is 0 Å². The van der Waals surface area contributed by atoms with Gasteiger partial charge in [0.1, 0.15) is 0 Å². The van der Waals surface area contributed by atoms with Crippen molar-refractivity contribution in [3.63, 3.8) is 0 Å². The number of ether oxygens (including phenoxy) is 1. The van der Waals surface area contributed by atoms with E-state index in [1.54, 1.807) is 11.3 Å². The number of rotatable bonds is 2. The lowest BCUT2D eigenvalue weighted by Gasteiger charge is -2.19. The van der Waals surface area contributed by atoms with Crippen molar-refractivity contribution in [2.75, 3.05) is 13.2 Å². The second kappa shape index (κ2) is 4.44. The summed E-state index contributed by atoms with van der Waals surface area (Å²) in [4.78, 5) is 4.54. The Kier molecular flexibility index (Phi) is 3.24. The second-order valence-electron chi connectivity index (χ2n) is 3.22. The van der Waals surface area contributed by atoms with Crippen LogP contribution in [0.2, 0.25) is 0 Å². The second-order valence-corrected chi connectivity index (χ2v) is 4.43. The molecule has 0 radical (unpaired) electrons. The lowest BCUT2D eigenvalue weighted by atomic mass is 10.0. The minimum absolute atomic E-state index is 0.632. The summed E-state index contributed by atoms with van der Waals surface area (Å²) in [6.45, 7) is 1.78. The van der Waals surface area contributed by atoms with Gasteiger partial charge in [-0.1, -0.05) is 0 Å². The summed E-state index contributed by atoms with van der Waals surface area (Å²) in [6, 6.07) is 0. The number of nitrogens with zero attached hydrogens (tertiary/aromatic N) is 1.